The topological polar surface area (TPSA) is 107 Å². The SMILES string of the molecule is O=C(Nc1ccc([N+](=O)[O-])cc1)c1cnc2sccn2c1=O. The maximum Gasteiger partial charge on any atom is 0.271 e. The fourth-order valence-electron chi connectivity index (χ4n) is 1.85. The third-order valence-corrected chi connectivity index (χ3v) is 3.69. The van der Waals surface area contributed by atoms with E-state index >= 15 is 0 Å². The minimum Gasteiger partial charge on any atom is -0.322 e. The Morgan fingerprint density at radius 2 is 2.05 bits per heavy atom. The van der Waals surface area contributed by atoms with Gasteiger partial charge in [0.25, 0.3) is 17.2 Å². The van der Waals surface area contributed by atoms with E-state index in [0.29, 0.717) is 10.6 Å². The second kappa shape index (κ2) is 5.37. The number of carbonyl (C=O) groups is 1. The van der Waals surface area contributed by atoms with Gasteiger partial charge in [0.2, 0.25) is 0 Å². The number of carbonyl (C=O) groups excluding carboxylic acids is 1. The molecule has 0 saturated carbocycles. The number of amides is 1. The Balaban J connectivity index is 1.88. The van der Waals surface area contributed by atoms with Crippen LogP contribution in [0.3, 0.4) is 0 Å². The van der Waals surface area contributed by atoms with Crippen LogP contribution >= 0.6 is 11.3 Å². The number of aromatic nitrogens is 2. The Labute approximate surface area is 126 Å². The van der Waals surface area contributed by atoms with E-state index in [4.69, 9.17) is 0 Å². The summed E-state index contributed by atoms with van der Waals surface area (Å²) < 4.78 is 1.29. The molecule has 0 aliphatic heterocycles. The lowest BCUT2D eigenvalue weighted by Crippen LogP contribution is -2.25. The summed E-state index contributed by atoms with van der Waals surface area (Å²) in [5, 5.41) is 14.8. The van der Waals surface area contributed by atoms with Gasteiger partial charge in [0, 0.05) is 35.6 Å². The highest BCUT2D eigenvalue weighted by Crippen LogP contribution is 2.16. The Bertz CT molecular complexity index is 929. The normalized spacial score (nSPS) is 10.5. The molecule has 0 radical (unpaired) electrons. The highest BCUT2D eigenvalue weighted by Gasteiger charge is 2.14. The van der Waals surface area contributed by atoms with Crippen molar-refractivity contribution >= 4 is 33.6 Å². The van der Waals surface area contributed by atoms with Gasteiger partial charge >= 0.3 is 0 Å². The fourth-order valence-corrected chi connectivity index (χ4v) is 2.52. The predicted octanol–water partition coefficient (Wildman–Crippen LogP) is 1.92. The lowest BCUT2D eigenvalue weighted by Gasteiger charge is -2.04. The number of nitro groups is 1. The highest BCUT2D eigenvalue weighted by atomic mass is 32.1. The molecule has 0 spiro atoms. The second-order valence-corrected chi connectivity index (χ2v) is 5.16. The fraction of sp³-hybridized carbons (Fsp3) is 0. The molecule has 1 aromatic carbocycles. The summed E-state index contributed by atoms with van der Waals surface area (Å²) in [6.45, 7) is 0. The Kier molecular flexibility index (Phi) is 3.39. The zero-order valence-electron chi connectivity index (χ0n) is 10.9. The van der Waals surface area contributed by atoms with Crippen molar-refractivity contribution < 1.29 is 9.72 Å². The van der Waals surface area contributed by atoms with Crippen molar-refractivity contribution in [3.63, 3.8) is 0 Å². The van der Waals surface area contributed by atoms with E-state index in [2.05, 4.69) is 10.3 Å². The Morgan fingerprint density at radius 1 is 1.32 bits per heavy atom. The molecule has 9 heteroatoms. The number of hydrogen-bond acceptors (Lipinski definition) is 6. The number of thiazole rings is 1. The van der Waals surface area contributed by atoms with Crippen LogP contribution in [0.25, 0.3) is 4.96 Å². The molecular weight excluding hydrogens is 308 g/mol. The quantitative estimate of drug-likeness (QED) is 0.587. The van der Waals surface area contributed by atoms with Crippen molar-refractivity contribution in [3.05, 3.63) is 68.1 Å². The maximum atomic E-state index is 12.1. The molecule has 1 N–H and O–H groups in total. The predicted molar refractivity (Wildman–Crippen MR) is 80.4 cm³/mol. The summed E-state index contributed by atoms with van der Waals surface area (Å²) in [5.41, 5.74) is -0.301. The van der Waals surface area contributed by atoms with E-state index in [1.54, 1.807) is 5.38 Å². The number of nitrogens with zero attached hydrogens (tertiary/aromatic N) is 3. The van der Waals surface area contributed by atoms with E-state index in [0.717, 1.165) is 0 Å². The molecule has 0 atom stereocenters. The molecule has 0 fully saturated rings. The van der Waals surface area contributed by atoms with Gasteiger partial charge in [0.15, 0.2) is 4.96 Å². The van der Waals surface area contributed by atoms with Crippen LogP contribution in [-0.4, -0.2) is 20.2 Å². The molecule has 0 unspecified atom stereocenters. The minimum atomic E-state index is -0.619. The summed E-state index contributed by atoms with van der Waals surface area (Å²) in [7, 11) is 0. The number of benzene rings is 1. The summed E-state index contributed by atoms with van der Waals surface area (Å²) >= 11 is 1.29. The number of hydrogen-bond donors (Lipinski definition) is 1. The van der Waals surface area contributed by atoms with Gasteiger partial charge in [-0.25, -0.2) is 4.98 Å². The molecule has 110 valence electrons. The Hall–Kier alpha value is -3.07. The summed E-state index contributed by atoms with van der Waals surface area (Å²) in [6.07, 6.45) is 2.76. The van der Waals surface area contributed by atoms with Crippen LogP contribution in [0.15, 0.2) is 46.8 Å². The molecule has 22 heavy (non-hydrogen) atoms. The van der Waals surface area contributed by atoms with E-state index in [-0.39, 0.29) is 11.3 Å². The van der Waals surface area contributed by atoms with Crippen molar-refractivity contribution in [3.8, 4) is 0 Å². The number of non-ortho nitro benzene ring substituents is 1. The van der Waals surface area contributed by atoms with Crippen LogP contribution in [0, 0.1) is 10.1 Å². The van der Waals surface area contributed by atoms with Gasteiger partial charge in [-0.15, -0.1) is 11.3 Å². The first-order chi connectivity index (χ1) is 10.6. The number of nitro benzene ring substituents is 1. The molecule has 3 rings (SSSR count). The number of nitrogens with one attached hydrogen (secondary N) is 1. The molecular formula is C13H8N4O4S. The molecule has 1 amide bonds. The average molecular weight is 316 g/mol. The van der Waals surface area contributed by atoms with Crippen LogP contribution in [0.2, 0.25) is 0 Å². The van der Waals surface area contributed by atoms with Crippen molar-refractivity contribution in [1.29, 1.82) is 0 Å². The van der Waals surface area contributed by atoms with E-state index in [9.17, 15) is 19.7 Å². The van der Waals surface area contributed by atoms with Gasteiger partial charge in [-0.05, 0) is 12.1 Å². The van der Waals surface area contributed by atoms with Crippen LogP contribution < -0.4 is 10.9 Å². The lowest BCUT2D eigenvalue weighted by atomic mass is 10.2. The highest BCUT2D eigenvalue weighted by molar-refractivity contribution is 7.15. The molecule has 2 heterocycles. The van der Waals surface area contributed by atoms with Crippen molar-refractivity contribution in [1.82, 2.24) is 9.38 Å². The minimum absolute atomic E-state index is 0.0839. The molecule has 2 aromatic heterocycles. The van der Waals surface area contributed by atoms with Gasteiger partial charge < -0.3 is 5.32 Å². The largest absolute Gasteiger partial charge is 0.322 e. The average Bonchev–Trinajstić information content (AvgIpc) is 2.97. The number of anilines is 1. The molecule has 3 aromatic rings. The monoisotopic (exact) mass is 316 g/mol. The molecule has 8 nitrogen and oxygen atoms in total. The van der Waals surface area contributed by atoms with E-state index in [1.165, 1.54) is 52.4 Å². The van der Waals surface area contributed by atoms with Crippen molar-refractivity contribution in [2.75, 3.05) is 5.32 Å². The smallest absolute Gasteiger partial charge is 0.271 e. The van der Waals surface area contributed by atoms with Gasteiger partial charge in [0.1, 0.15) is 5.56 Å². The number of fused-ring (bicyclic) bond motifs is 1. The molecule has 0 bridgehead atoms. The summed E-state index contributed by atoms with van der Waals surface area (Å²) in [6, 6.07) is 5.32. The van der Waals surface area contributed by atoms with Crippen molar-refractivity contribution in [2.45, 2.75) is 0 Å². The zero-order valence-corrected chi connectivity index (χ0v) is 11.7. The number of rotatable bonds is 3. The van der Waals surface area contributed by atoms with E-state index in [1.807, 2.05) is 0 Å². The zero-order chi connectivity index (χ0) is 15.7. The van der Waals surface area contributed by atoms with Crippen LogP contribution in [0.4, 0.5) is 11.4 Å². The summed E-state index contributed by atoms with van der Waals surface area (Å²) in [5.74, 6) is -0.619. The summed E-state index contributed by atoms with van der Waals surface area (Å²) in [4.78, 5) is 38.8. The third-order valence-electron chi connectivity index (χ3n) is 2.92. The van der Waals surface area contributed by atoms with Crippen LogP contribution in [0.1, 0.15) is 10.4 Å². The molecule has 0 aliphatic rings. The second-order valence-electron chi connectivity index (χ2n) is 4.29. The standard InChI is InChI=1S/C13H8N4O4S/c18-11(15-8-1-3-9(4-2-8)17(20)21)10-7-14-13-16(12(10)19)5-6-22-13/h1-7H,(H,15,18). The first kappa shape index (κ1) is 13.9. The van der Waals surface area contributed by atoms with Gasteiger partial charge in [0.05, 0.1) is 4.92 Å². The third kappa shape index (κ3) is 2.44. The Morgan fingerprint density at radius 3 is 2.73 bits per heavy atom. The maximum absolute atomic E-state index is 12.1. The lowest BCUT2D eigenvalue weighted by molar-refractivity contribution is -0.384. The van der Waals surface area contributed by atoms with Crippen LogP contribution in [-0.2, 0) is 0 Å². The first-order valence-corrected chi connectivity index (χ1v) is 6.95. The van der Waals surface area contributed by atoms with Gasteiger partial charge in [-0.3, -0.25) is 24.1 Å². The molecule has 0 saturated heterocycles. The molecule has 0 aliphatic carbocycles. The van der Waals surface area contributed by atoms with Crippen molar-refractivity contribution in [2.24, 2.45) is 0 Å². The first-order valence-electron chi connectivity index (χ1n) is 6.07. The van der Waals surface area contributed by atoms with Gasteiger partial charge in [-0.2, -0.15) is 0 Å². The van der Waals surface area contributed by atoms with E-state index < -0.39 is 16.4 Å². The van der Waals surface area contributed by atoms with Gasteiger partial charge in [-0.1, -0.05) is 0 Å². The van der Waals surface area contributed by atoms with Crippen LogP contribution in [0.5, 0.6) is 0 Å².